The first-order chi connectivity index (χ1) is 12.7. The molecule has 4 rings (SSSR count). The van der Waals surface area contributed by atoms with Gasteiger partial charge in [0.2, 0.25) is 4.96 Å². The number of benzene rings is 2. The molecule has 0 atom stereocenters. The Bertz CT molecular complexity index is 1100. The predicted octanol–water partition coefficient (Wildman–Crippen LogP) is 4.32. The second kappa shape index (κ2) is 6.86. The number of amides is 1. The van der Waals surface area contributed by atoms with E-state index in [1.165, 1.54) is 11.3 Å². The molecule has 1 amide bonds. The predicted molar refractivity (Wildman–Crippen MR) is 103 cm³/mol. The Labute approximate surface area is 158 Å². The third-order valence-corrected chi connectivity index (χ3v) is 5.13. The molecule has 8 heteroatoms. The molecule has 0 saturated carbocycles. The van der Waals surface area contributed by atoms with E-state index < -0.39 is 0 Å². The van der Waals surface area contributed by atoms with Crippen molar-refractivity contribution in [1.82, 2.24) is 19.8 Å². The molecule has 4 aromatic rings. The Morgan fingerprint density at radius 3 is 2.85 bits per heavy atom. The number of hydrogen-bond acceptors (Lipinski definition) is 5. The van der Waals surface area contributed by atoms with Gasteiger partial charge in [-0.2, -0.15) is 9.61 Å². The number of carbonyl (C=O) groups is 1. The van der Waals surface area contributed by atoms with E-state index >= 15 is 0 Å². The summed E-state index contributed by atoms with van der Waals surface area (Å²) in [6, 6.07) is 14.5. The molecule has 0 unspecified atom stereocenters. The van der Waals surface area contributed by atoms with Gasteiger partial charge < -0.3 is 5.32 Å². The maximum Gasteiger partial charge on any atom is 0.257 e. The molecule has 0 fully saturated rings. The van der Waals surface area contributed by atoms with Crippen LogP contribution in [0.5, 0.6) is 0 Å². The largest absolute Gasteiger partial charge is 0.322 e. The van der Waals surface area contributed by atoms with Gasteiger partial charge in [0.15, 0.2) is 5.82 Å². The van der Waals surface area contributed by atoms with Gasteiger partial charge in [0, 0.05) is 17.7 Å². The summed E-state index contributed by atoms with van der Waals surface area (Å²) < 4.78 is 1.76. The van der Waals surface area contributed by atoms with Crippen molar-refractivity contribution in [2.75, 3.05) is 5.32 Å². The second-order valence-electron chi connectivity index (χ2n) is 5.59. The van der Waals surface area contributed by atoms with Crippen molar-refractivity contribution in [2.24, 2.45) is 0 Å². The zero-order chi connectivity index (χ0) is 18.1. The highest BCUT2D eigenvalue weighted by atomic mass is 35.5. The number of aromatic nitrogens is 4. The van der Waals surface area contributed by atoms with E-state index in [1.807, 2.05) is 31.2 Å². The molecule has 0 spiro atoms. The van der Waals surface area contributed by atoms with Crippen LogP contribution in [-0.4, -0.2) is 25.7 Å². The van der Waals surface area contributed by atoms with Crippen LogP contribution in [0.25, 0.3) is 15.5 Å². The van der Waals surface area contributed by atoms with E-state index in [9.17, 15) is 4.79 Å². The van der Waals surface area contributed by atoms with Crippen LogP contribution in [0.4, 0.5) is 5.69 Å². The Kier molecular flexibility index (Phi) is 4.40. The summed E-state index contributed by atoms with van der Waals surface area (Å²) in [5.41, 5.74) is 2.01. The van der Waals surface area contributed by atoms with Gasteiger partial charge in [0.25, 0.3) is 5.91 Å². The molecule has 2 heterocycles. The molecule has 0 saturated heterocycles. The SMILES string of the molecule is CCc1nnc2sc(-c3cccc(NC(=O)c4ccccc4Cl)c3)nn12. The minimum absolute atomic E-state index is 0.251. The van der Waals surface area contributed by atoms with Gasteiger partial charge >= 0.3 is 0 Å². The van der Waals surface area contributed by atoms with Crippen LogP contribution in [-0.2, 0) is 6.42 Å². The highest BCUT2D eigenvalue weighted by Crippen LogP contribution is 2.28. The van der Waals surface area contributed by atoms with Gasteiger partial charge in [-0.1, -0.05) is 54.1 Å². The van der Waals surface area contributed by atoms with E-state index in [4.69, 9.17) is 11.6 Å². The van der Waals surface area contributed by atoms with Crippen LogP contribution >= 0.6 is 22.9 Å². The number of anilines is 1. The fourth-order valence-electron chi connectivity index (χ4n) is 2.57. The first-order valence-electron chi connectivity index (χ1n) is 8.03. The van der Waals surface area contributed by atoms with Crippen molar-refractivity contribution in [1.29, 1.82) is 0 Å². The fraction of sp³-hybridized carbons (Fsp3) is 0.111. The smallest absolute Gasteiger partial charge is 0.257 e. The number of nitrogens with one attached hydrogen (secondary N) is 1. The maximum atomic E-state index is 12.4. The first-order valence-corrected chi connectivity index (χ1v) is 9.22. The monoisotopic (exact) mass is 383 g/mol. The highest BCUT2D eigenvalue weighted by Gasteiger charge is 2.13. The number of nitrogens with zero attached hydrogens (tertiary/aromatic N) is 4. The molecule has 130 valence electrons. The van der Waals surface area contributed by atoms with Crippen LogP contribution in [0.15, 0.2) is 48.5 Å². The topological polar surface area (TPSA) is 72.2 Å². The number of aryl methyl sites for hydroxylation is 1. The molecule has 0 aliphatic carbocycles. The average molecular weight is 384 g/mol. The molecule has 6 nitrogen and oxygen atoms in total. The third kappa shape index (κ3) is 3.07. The van der Waals surface area contributed by atoms with Crippen molar-refractivity contribution in [3.63, 3.8) is 0 Å². The lowest BCUT2D eigenvalue weighted by atomic mass is 10.2. The van der Waals surface area contributed by atoms with E-state index in [1.54, 1.807) is 28.8 Å². The zero-order valence-electron chi connectivity index (χ0n) is 13.8. The summed E-state index contributed by atoms with van der Waals surface area (Å²) in [6.07, 6.45) is 0.762. The van der Waals surface area contributed by atoms with Gasteiger partial charge in [0.05, 0.1) is 10.6 Å². The van der Waals surface area contributed by atoms with E-state index in [0.29, 0.717) is 16.3 Å². The van der Waals surface area contributed by atoms with E-state index in [0.717, 1.165) is 27.8 Å². The van der Waals surface area contributed by atoms with E-state index in [-0.39, 0.29) is 5.91 Å². The van der Waals surface area contributed by atoms with E-state index in [2.05, 4.69) is 20.6 Å². The molecule has 2 aromatic heterocycles. The number of halogens is 1. The second-order valence-corrected chi connectivity index (χ2v) is 6.95. The lowest BCUT2D eigenvalue weighted by molar-refractivity contribution is 0.102. The van der Waals surface area contributed by atoms with Crippen molar-refractivity contribution < 1.29 is 4.79 Å². The Balaban J connectivity index is 1.62. The van der Waals surface area contributed by atoms with Crippen molar-refractivity contribution in [3.05, 3.63) is 64.9 Å². The first kappa shape index (κ1) is 16.7. The van der Waals surface area contributed by atoms with Crippen LogP contribution in [0.3, 0.4) is 0 Å². The molecule has 0 radical (unpaired) electrons. The zero-order valence-corrected chi connectivity index (χ0v) is 15.4. The summed E-state index contributed by atoms with van der Waals surface area (Å²) in [7, 11) is 0. The summed E-state index contributed by atoms with van der Waals surface area (Å²) in [4.78, 5) is 13.2. The van der Waals surface area contributed by atoms with Crippen molar-refractivity contribution in [2.45, 2.75) is 13.3 Å². The van der Waals surface area contributed by atoms with Gasteiger partial charge in [0.1, 0.15) is 5.01 Å². The molecular formula is C18H14ClN5OS. The number of fused-ring (bicyclic) bond motifs is 1. The van der Waals surface area contributed by atoms with Gasteiger partial charge in [-0.3, -0.25) is 4.79 Å². The molecule has 1 N–H and O–H groups in total. The number of rotatable bonds is 4. The molecule has 0 bridgehead atoms. The van der Waals surface area contributed by atoms with Crippen LogP contribution in [0, 0.1) is 0 Å². The van der Waals surface area contributed by atoms with Crippen molar-refractivity contribution in [3.8, 4) is 10.6 Å². The van der Waals surface area contributed by atoms with Crippen LogP contribution in [0.2, 0.25) is 5.02 Å². The molecule has 2 aromatic carbocycles. The highest BCUT2D eigenvalue weighted by molar-refractivity contribution is 7.19. The maximum absolute atomic E-state index is 12.4. The van der Waals surface area contributed by atoms with Gasteiger partial charge in [-0.15, -0.1) is 10.2 Å². The fourth-order valence-corrected chi connectivity index (χ4v) is 3.64. The summed E-state index contributed by atoms with van der Waals surface area (Å²) in [6.45, 7) is 2.01. The lowest BCUT2D eigenvalue weighted by Gasteiger charge is -2.07. The minimum atomic E-state index is -0.251. The van der Waals surface area contributed by atoms with Crippen molar-refractivity contribution >= 4 is 39.5 Å². The summed E-state index contributed by atoms with van der Waals surface area (Å²) >= 11 is 7.55. The number of hydrogen-bond donors (Lipinski definition) is 1. The normalized spacial score (nSPS) is 11.0. The van der Waals surface area contributed by atoms with Crippen LogP contribution < -0.4 is 5.32 Å². The summed E-state index contributed by atoms with van der Waals surface area (Å²) in [5, 5.41) is 16.9. The Morgan fingerprint density at radius 2 is 2.04 bits per heavy atom. The Morgan fingerprint density at radius 1 is 1.19 bits per heavy atom. The molecule has 0 aliphatic rings. The quantitative estimate of drug-likeness (QED) is 0.569. The van der Waals surface area contributed by atoms with Crippen LogP contribution in [0.1, 0.15) is 23.1 Å². The molecule has 26 heavy (non-hydrogen) atoms. The average Bonchev–Trinajstić information content (AvgIpc) is 3.22. The summed E-state index contributed by atoms with van der Waals surface area (Å²) in [5.74, 6) is 0.574. The molecule has 0 aliphatic heterocycles. The lowest BCUT2D eigenvalue weighted by Crippen LogP contribution is -2.12. The number of carbonyl (C=O) groups excluding carboxylic acids is 1. The standard InChI is InChI=1S/C18H14ClN5OS/c1-2-15-21-22-18-24(15)23-17(26-18)11-6-5-7-12(10-11)20-16(25)13-8-3-4-9-14(13)19/h3-10H,2H2,1H3,(H,20,25). The molecular weight excluding hydrogens is 370 g/mol. The third-order valence-electron chi connectivity index (χ3n) is 3.86. The van der Waals surface area contributed by atoms with Gasteiger partial charge in [-0.05, 0) is 24.3 Å². The Hall–Kier alpha value is -2.77. The van der Waals surface area contributed by atoms with Gasteiger partial charge in [-0.25, -0.2) is 0 Å². The minimum Gasteiger partial charge on any atom is -0.322 e.